The van der Waals surface area contributed by atoms with E-state index in [1.165, 1.54) is 18.2 Å². The monoisotopic (exact) mass is 301 g/mol. The summed E-state index contributed by atoms with van der Waals surface area (Å²) in [5.74, 6) is -0.812. The van der Waals surface area contributed by atoms with Gasteiger partial charge >= 0.3 is 0 Å². The second-order valence-corrected chi connectivity index (χ2v) is 6.12. The van der Waals surface area contributed by atoms with Crippen molar-refractivity contribution in [2.45, 2.75) is 33.2 Å². The van der Waals surface area contributed by atoms with Gasteiger partial charge in [0.1, 0.15) is 5.69 Å². The molecule has 2 aromatic rings. The summed E-state index contributed by atoms with van der Waals surface area (Å²) in [5, 5.41) is 27.0. The van der Waals surface area contributed by atoms with E-state index in [1.54, 1.807) is 23.9 Å². The number of ketones is 1. The largest absolute Gasteiger partial charge is 0.504 e. The van der Waals surface area contributed by atoms with Crippen LogP contribution in [0.15, 0.2) is 24.4 Å². The van der Waals surface area contributed by atoms with E-state index >= 15 is 0 Å². The van der Waals surface area contributed by atoms with Crippen molar-refractivity contribution >= 4 is 11.9 Å². The number of hydrogen-bond acceptors (Lipinski definition) is 5. The van der Waals surface area contributed by atoms with Gasteiger partial charge in [-0.3, -0.25) is 4.79 Å². The molecule has 0 bridgehead atoms. The van der Waals surface area contributed by atoms with Crippen LogP contribution in [0, 0.1) is 6.92 Å². The normalized spacial score (nSPS) is 12.0. The van der Waals surface area contributed by atoms with E-state index in [0.29, 0.717) is 16.8 Å². The predicted molar refractivity (Wildman–Crippen MR) is 82.9 cm³/mol. The molecule has 0 saturated carbocycles. The molecule has 0 amide bonds. The van der Waals surface area contributed by atoms with Crippen molar-refractivity contribution < 1.29 is 15.0 Å². The van der Waals surface area contributed by atoms with Crippen molar-refractivity contribution in [2.24, 2.45) is 0 Å². The summed E-state index contributed by atoms with van der Waals surface area (Å²) in [6.45, 7) is 7.62. The van der Waals surface area contributed by atoms with E-state index in [9.17, 15) is 15.0 Å². The van der Waals surface area contributed by atoms with E-state index in [-0.39, 0.29) is 22.8 Å². The van der Waals surface area contributed by atoms with Gasteiger partial charge in [-0.2, -0.15) is 0 Å². The molecule has 0 radical (unpaired) electrons. The maximum absolute atomic E-state index is 12.1. The number of benzene rings is 1. The third kappa shape index (κ3) is 3.33. The summed E-state index contributed by atoms with van der Waals surface area (Å²) in [7, 11) is 0. The number of phenolic OH excluding ortho intramolecular Hbond substituents is 2. The Morgan fingerprint density at radius 2 is 1.95 bits per heavy atom. The minimum atomic E-state index is -0.310. The van der Waals surface area contributed by atoms with Gasteiger partial charge in [0.05, 0.1) is 11.7 Å². The maximum atomic E-state index is 12.1. The maximum Gasteiger partial charge on any atom is 0.186 e. The first-order chi connectivity index (χ1) is 10.2. The van der Waals surface area contributed by atoms with Gasteiger partial charge in [0.25, 0.3) is 0 Å². The Morgan fingerprint density at radius 3 is 2.50 bits per heavy atom. The molecule has 0 saturated heterocycles. The third-order valence-electron chi connectivity index (χ3n) is 3.17. The topological polar surface area (TPSA) is 88.2 Å². The molecule has 0 fully saturated rings. The standard InChI is InChI=1S/C16H19N3O3/c1-10-7-11(8-14(21)15(10)22)13(20)6-5-12-9-19(18-17-12)16(2,3)4/h5-9,21-22H,1-4H3/b6-5+. The van der Waals surface area contributed by atoms with Gasteiger partial charge in [0.15, 0.2) is 17.3 Å². The highest BCUT2D eigenvalue weighted by molar-refractivity contribution is 6.07. The molecule has 116 valence electrons. The average molecular weight is 301 g/mol. The van der Waals surface area contributed by atoms with E-state index in [2.05, 4.69) is 10.3 Å². The summed E-state index contributed by atoms with van der Waals surface area (Å²) in [5.41, 5.74) is 1.13. The molecule has 0 aliphatic carbocycles. The van der Waals surface area contributed by atoms with Gasteiger partial charge in [-0.15, -0.1) is 5.10 Å². The van der Waals surface area contributed by atoms with Crippen LogP contribution in [0.5, 0.6) is 11.5 Å². The lowest BCUT2D eigenvalue weighted by atomic mass is 10.1. The number of phenols is 2. The SMILES string of the molecule is Cc1cc(C(=O)/C=C/c2cn(C(C)(C)C)nn2)cc(O)c1O. The van der Waals surface area contributed by atoms with Gasteiger partial charge in [-0.25, -0.2) is 4.68 Å². The highest BCUT2D eigenvalue weighted by Crippen LogP contribution is 2.29. The fraction of sp³-hybridized carbons (Fsp3) is 0.312. The Balaban J connectivity index is 2.20. The second-order valence-electron chi connectivity index (χ2n) is 6.12. The molecule has 0 aliphatic rings. The van der Waals surface area contributed by atoms with Gasteiger partial charge in [0.2, 0.25) is 0 Å². The molecule has 1 aromatic carbocycles. The summed E-state index contributed by atoms with van der Waals surface area (Å²) in [6.07, 6.45) is 4.68. The molecular formula is C16H19N3O3. The molecule has 0 atom stereocenters. The molecule has 2 rings (SSSR count). The molecule has 1 aromatic heterocycles. The first-order valence-corrected chi connectivity index (χ1v) is 6.86. The number of aromatic hydroxyl groups is 2. The van der Waals surface area contributed by atoms with Gasteiger partial charge < -0.3 is 10.2 Å². The Labute approximate surface area is 128 Å². The van der Waals surface area contributed by atoms with Crippen LogP contribution in [0.4, 0.5) is 0 Å². The fourth-order valence-corrected chi connectivity index (χ4v) is 1.84. The number of aryl methyl sites for hydroxylation is 1. The van der Waals surface area contributed by atoms with Crippen molar-refractivity contribution in [3.05, 3.63) is 41.2 Å². The van der Waals surface area contributed by atoms with Crippen molar-refractivity contribution in [2.75, 3.05) is 0 Å². The fourth-order valence-electron chi connectivity index (χ4n) is 1.84. The molecule has 22 heavy (non-hydrogen) atoms. The number of hydrogen-bond donors (Lipinski definition) is 2. The lowest BCUT2D eigenvalue weighted by molar-refractivity contribution is 0.104. The van der Waals surface area contributed by atoms with E-state index in [4.69, 9.17) is 0 Å². The summed E-state index contributed by atoms with van der Waals surface area (Å²) < 4.78 is 1.72. The van der Waals surface area contributed by atoms with Crippen LogP contribution in [0.25, 0.3) is 6.08 Å². The number of carbonyl (C=O) groups is 1. The molecule has 2 N–H and O–H groups in total. The van der Waals surface area contributed by atoms with E-state index < -0.39 is 0 Å². The van der Waals surface area contributed by atoms with Crippen molar-refractivity contribution in [1.82, 2.24) is 15.0 Å². The summed E-state index contributed by atoms with van der Waals surface area (Å²) in [4.78, 5) is 12.1. The third-order valence-corrected chi connectivity index (χ3v) is 3.17. The Morgan fingerprint density at radius 1 is 1.27 bits per heavy atom. The number of nitrogens with zero attached hydrogens (tertiary/aromatic N) is 3. The lowest BCUT2D eigenvalue weighted by Crippen LogP contribution is -2.22. The van der Waals surface area contributed by atoms with Crippen LogP contribution in [0.3, 0.4) is 0 Å². The minimum Gasteiger partial charge on any atom is -0.504 e. The van der Waals surface area contributed by atoms with Crippen LogP contribution in [0.2, 0.25) is 0 Å². The molecule has 1 heterocycles. The Hall–Kier alpha value is -2.63. The number of carbonyl (C=O) groups excluding carboxylic acids is 1. The zero-order valence-corrected chi connectivity index (χ0v) is 13.0. The average Bonchev–Trinajstić information content (AvgIpc) is 2.90. The number of aromatic nitrogens is 3. The molecule has 0 unspecified atom stereocenters. The van der Waals surface area contributed by atoms with Crippen LogP contribution in [-0.2, 0) is 5.54 Å². The minimum absolute atomic E-state index is 0.178. The Kier molecular flexibility index (Phi) is 4.03. The van der Waals surface area contributed by atoms with Gasteiger partial charge in [0, 0.05) is 5.56 Å². The molecule has 6 heteroatoms. The highest BCUT2D eigenvalue weighted by Gasteiger charge is 2.14. The quantitative estimate of drug-likeness (QED) is 0.517. The van der Waals surface area contributed by atoms with Gasteiger partial charge in [-0.05, 0) is 57.5 Å². The number of allylic oxidation sites excluding steroid dienone is 1. The molecule has 0 spiro atoms. The second kappa shape index (κ2) is 5.63. The highest BCUT2D eigenvalue weighted by atomic mass is 16.3. The lowest BCUT2D eigenvalue weighted by Gasteiger charge is -2.17. The van der Waals surface area contributed by atoms with Crippen LogP contribution in [-0.4, -0.2) is 31.0 Å². The van der Waals surface area contributed by atoms with Crippen LogP contribution >= 0.6 is 0 Å². The van der Waals surface area contributed by atoms with Gasteiger partial charge in [-0.1, -0.05) is 5.21 Å². The summed E-state index contributed by atoms with van der Waals surface area (Å²) in [6, 6.07) is 2.76. The first kappa shape index (κ1) is 15.8. The van der Waals surface area contributed by atoms with E-state index in [0.717, 1.165) is 0 Å². The van der Waals surface area contributed by atoms with Crippen molar-refractivity contribution in [1.29, 1.82) is 0 Å². The van der Waals surface area contributed by atoms with Crippen LogP contribution in [0.1, 0.15) is 42.4 Å². The van der Waals surface area contributed by atoms with Crippen molar-refractivity contribution in [3.63, 3.8) is 0 Å². The van der Waals surface area contributed by atoms with Crippen molar-refractivity contribution in [3.8, 4) is 11.5 Å². The Bertz CT molecular complexity index is 716. The summed E-state index contributed by atoms with van der Waals surface area (Å²) >= 11 is 0. The molecule has 0 aliphatic heterocycles. The predicted octanol–water partition coefficient (Wildman–Crippen LogP) is 2.65. The number of rotatable bonds is 3. The first-order valence-electron chi connectivity index (χ1n) is 6.86. The van der Waals surface area contributed by atoms with Crippen LogP contribution < -0.4 is 0 Å². The molecule has 6 nitrogen and oxygen atoms in total. The van der Waals surface area contributed by atoms with E-state index in [1.807, 2.05) is 20.8 Å². The smallest absolute Gasteiger partial charge is 0.186 e. The molecular weight excluding hydrogens is 282 g/mol. The zero-order valence-electron chi connectivity index (χ0n) is 13.0. The zero-order chi connectivity index (χ0) is 16.5.